The van der Waals surface area contributed by atoms with Crippen LogP contribution in [0, 0.1) is 16.7 Å². The lowest BCUT2D eigenvalue weighted by atomic mass is 9.80. The van der Waals surface area contributed by atoms with Gasteiger partial charge in [0.25, 0.3) is 0 Å². The minimum atomic E-state index is -0.178. The average molecular weight is 275 g/mol. The molecular weight excluding hydrogens is 250 g/mol. The second-order valence-electron chi connectivity index (χ2n) is 4.96. The number of hydrogen-bond donors (Lipinski definition) is 0. The van der Waals surface area contributed by atoms with Gasteiger partial charge in [-0.3, -0.25) is 0 Å². The maximum atomic E-state index is 9.27. The van der Waals surface area contributed by atoms with Gasteiger partial charge in [0.1, 0.15) is 11.5 Å². The van der Waals surface area contributed by atoms with E-state index in [1.165, 1.54) is 0 Å². The zero-order valence-electron chi connectivity index (χ0n) is 12.8. The molecule has 0 unspecified atom stereocenters. The quantitative estimate of drug-likeness (QED) is 0.620. The second kappa shape index (κ2) is 8.47. The van der Waals surface area contributed by atoms with E-state index >= 15 is 0 Å². The van der Waals surface area contributed by atoms with Crippen molar-refractivity contribution in [3.63, 3.8) is 0 Å². The topological polar surface area (TPSA) is 42.2 Å². The molecule has 20 heavy (non-hydrogen) atoms. The average Bonchev–Trinajstić information content (AvgIpc) is 2.50. The number of hydrogen-bond acceptors (Lipinski definition) is 3. The number of rotatable bonds is 9. The van der Waals surface area contributed by atoms with Gasteiger partial charge in [-0.25, -0.2) is 0 Å². The van der Waals surface area contributed by atoms with Crippen molar-refractivity contribution in [2.24, 2.45) is 5.41 Å². The lowest BCUT2D eigenvalue weighted by molar-refractivity contribution is 0.258. The fraction of sp³-hybridized carbons (Fsp3) is 0.588. The Kier molecular flexibility index (Phi) is 6.93. The zero-order valence-corrected chi connectivity index (χ0v) is 12.8. The van der Waals surface area contributed by atoms with Crippen LogP contribution in [0.25, 0.3) is 0 Å². The first-order chi connectivity index (χ1) is 9.69. The van der Waals surface area contributed by atoms with Crippen molar-refractivity contribution in [2.45, 2.75) is 46.5 Å². The summed E-state index contributed by atoms with van der Waals surface area (Å²) in [5.74, 6) is 1.71. The van der Waals surface area contributed by atoms with E-state index in [2.05, 4.69) is 19.9 Å². The van der Waals surface area contributed by atoms with Gasteiger partial charge in [-0.1, -0.05) is 13.8 Å². The Morgan fingerprint density at radius 3 is 2.00 bits per heavy atom. The van der Waals surface area contributed by atoms with E-state index in [-0.39, 0.29) is 5.41 Å². The summed E-state index contributed by atoms with van der Waals surface area (Å²) in [7, 11) is 0. The third-order valence-electron chi connectivity index (χ3n) is 3.79. The van der Waals surface area contributed by atoms with Crippen LogP contribution in [0.5, 0.6) is 11.5 Å². The molecule has 0 fully saturated rings. The number of nitriles is 1. The Morgan fingerprint density at radius 2 is 1.55 bits per heavy atom. The molecule has 0 radical (unpaired) electrons. The van der Waals surface area contributed by atoms with Crippen molar-refractivity contribution in [2.75, 3.05) is 13.2 Å². The molecule has 0 aliphatic carbocycles. The monoisotopic (exact) mass is 275 g/mol. The van der Waals surface area contributed by atoms with Gasteiger partial charge in [-0.15, -0.1) is 0 Å². The summed E-state index contributed by atoms with van der Waals surface area (Å²) in [5.41, 5.74) is -0.178. The van der Waals surface area contributed by atoms with Crippen LogP contribution in [0.2, 0.25) is 0 Å². The summed E-state index contributed by atoms with van der Waals surface area (Å²) in [6.07, 6.45) is 3.61. The first-order valence-corrected chi connectivity index (χ1v) is 7.46. The predicted octanol–water partition coefficient (Wildman–Crippen LogP) is 4.57. The molecular formula is C17H25NO2. The summed E-state index contributed by atoms with van der Waals surface area (Å²) >= 11 is 0. The van der Waals surface area contributed by atoms with Gasteiger partial charge in [0.05, 0.1) is 24.7 Å². The van der Waals surface area contributed by atoms with Crippen molar-refractivity contribution in [1.29, 1.82) is 5.26 Å². The Morgan fingerprint density at radius 1 is 1.00 bits per heavy atom. The largest absolute Gasteiger partial charge is 0.494 e. The van der Waals surface area contributed by atoms with Crippen LogP contribution in [-0.4, -0.2) is 13.2 Å². The Balaban J connectivity index is 2.35. The molecule has 0 atom stereocenters. The van der Waals surface area contributed by atoms with Crippen LogP contribution in [0.3, 0.4) is 0 Å². The predicted molar refractivity (Wildman–Crippen MR) is 81.0 cm³/mol. The Labute approximate surface area is 122 Å². The van der Waals surface area contributed by atoms with Gasteiger partial charge < -0.3 is 9.47 Å². The molecule has 1 rings (SSSR count). The van der Waals surface area contributed by atoms with Crippen molar-refractivity contribution in [3.8, 4) is 17.6 Å². The van der Waals surface area contributed by atoms with Gasteiger partial charge >= 0.3 is 0 Å². The standard InChI is InChI=1S/C17H25NO2/c1-4-17(5-2,14-18)12-7-13-20-16-10-8-15(9-11-16)19-6-3/h8-11H,4-7,12-13H2,1-3H3. The summed E-state index contributed by atoms with van der Waals surface area (Å²) in [4.78, 5) is 0. The van der Waals surface area contributed by atoms with E-state index in [1.807, 2.05) is 31.2 Å². The lowest BCUT2D eigenvalue weighted by Gasteiger charge is -2.22. The van der Waals surface area contributed by atoms with E-state index < -0.39 is 0 Å². The molecule has 0 aliphatic rings. The van der Waals surface area contributed by atoms with Crippen molar-refractivity contribution in [1.82, 2.24) is 0 Å². The Bertz CT molecular complexity index is 416. The van der Waals surface area contributed by atoms with Crippen LogP contribution < -0.4 is 9.47 Å². The summed E-state index contributed by atoms with van der Waals surface area (Å²) < 4.78 is 11.1. The van der Waals surface area contributed by atoms with Crippen LogP contribution in [0.1, 0.15) is 46.5 Å². The minimum Gasteiger partial charge on any atom is -0.494 e. The highest BCUT2D eigenvalue weighted by atomic mass is 16.5. The number of nitrogens with zero attached hydrogens (tertiary/aromatic N) is 1. The summed E-state index contributed by atoms with van der Waals surface area (Å²) in [5, 5.41) is 9.27. The molecule has 0 spiro atoms. The summed E-state index contributed by atoms with van der Waals surface area (Å²) in [6.45, 7) is 7.45. The zero-order chi connectivity index (χ0) is 14.8. The van der Waals surface area contributed by atoms with Crippen LogP contribution in [0.4, 0.5) is 0 Å². The van der Waals surface area contributed by atoms with E-state index in [9.17, 15) is 5.26 Å². The van der Waals surface area contributed by atoms with Gasteiger partial charge in [0, 0.05) is 0 Å². The molecule has 0 aromatic heterocycles. The van der Waals surface area contributed by atoms with E-state index in [1.54, 1.807) is 0 Å². The second-order valence-corrected chi connectivity index (χ2v) is 4.96. The third kappa shape index (κ3) is 4.77. The minimum absolute atomic E-state index is 0.178. The third-order valence-corrected chi connectivity index (χ3v) is 3.79. The maximum absolute atomic E-state index is 9.27. The first kappa shape index (κ1) is 16.4. The molecule has 3 nitrogen and oxygen atoms in total. The van der Waals surface area contributed by atoms with Gasteiger partial charge in [-0.05, 0) is 56.9 Å². The fourth-order valence-corrected chi connectivity index (χ4v) is 2.22. The van der Waals surface area contributed by atoms with Crippen molar-refractivity contribution < 1.29 is 9.47 Å². The SMILES string of the molecule is CCOc1ccc(OCCCC(C#N)(CC)CC)cc1. The first-order valence-electron chi connectivity index (χ1n) is 7.46. The highest BCUT2D eigenvalue weighted by Crippen LogP contribution is 2.31. The molecule has 1 aromatic rings. The molecule has 0 bridgehead atoms. The lowest BCUT2D eigenvalue weighted by Crippen LogP contribution is -2.17. The Hall–Kier alpha value is -1.69. The fourth-order valence-electron chi connectivity index (χ4n) is 2.22. The molecule has 0 heterocycles. The molecule has 0 saturated heterocycles. The smallest absolute Gasteiger partial charge is 0.119 e. The van der Waals surface area contributed by atoms with Crippen LogP contribution in [-0.2, 0) is 0 Å². The highest BCUT2D eigenvalue weighted by Gasteiger charge is 2.24. The maximum Gasteiger partial charge on any atom is 0.119 e. The summed E-state index contributed by atoms with van der Waals surface area (Å²) in [6, 6.07) is 10.1. The van der Waals surface area contributed by atoms with E-state index in [0.717, 1.165) is 37.2 Å². The molecule has 3 heteroatoms. The number of benzene rings is 1. The molecule has 1 aromatic carbocycles. The molecule has 110 valence electrons. The van der Waals surface area contributed by atoms with Gasteiger partial charge in [0.2, 0.25) is 0 Å². The molecule has 0 amide bonds. The molecule has 0 saturated carbocycles. The molecule has 0 N–H and O–H groups in total. The molecule has 0 aliphatic heterocycles. The highest BCUT2D eigenvalue weighted by molar-refractivity contribution is 5.31. The van der Waals surface area contributed by atoms with Crippen molar-refractivity contribution >= 4 is 0 Å². The van der Waals surface area contributed by atoms with Crippen molar-refractivity contribution in [3.05, 3.63) is 24.3 Å². The normalized spacial score (nSPS) is 10.9. The van der Waals surface area contributed by atoms with Gasteiger partial charge in [-0.2, -0.15) is 5.26 Å². The van der Waals surface area contributed by atoms with Crippen LogP contribution in [0.15, 0.2) is 24.3 Å². The number of ether oxygens (including phenoxy) is 2. The van der Waals surface area contributed by atoms with Gasteiger partial charge in [0.15, 0.2) is 0 Å². The van der Waals surface area contributed by atoms with E-state index in [4.69, 9.17) is 9.47 Å². The van der Waals surface area contributed by atoms with E-state index in [0.29, 0.717) is 13.2 Å². The van der Waals surface area contributed by atoms with Crippen LogP contribution >= 0.6 is 0 Å².